The molecule has 0 amide bonds. The van der Waals surface area contributed by atoms with Crippen LogP contribution in [0.4, 0.5) is 0 Å². The van der Waals surface area contributed by atoms with Gasteiger partial charge in [-0.25, -0.2) is 0 Å². The van der Waals surface area contributed by atoms with Gasteiger partial charge < -0.3 is 5.11 Å². The maximum Gasteiger partial charge on any atom is 0.0794 e. The predicted molar refractivity (Wildman–Crippen MR) is 92.4 cm³/mol. The number of aromatic amines is 1. The van der Waals surface area contributed by atoms with E-state index < -0.39 is 0 Å². The van der Waals surface area contributed by atoms with E-state index in [2.05, 4.69) is 37.5 Å². The number of hydrogen-bond donors (Lipinski definition) is 2. The fourth-order valence-electron chi connectivity index (χ4n) is 4.05. The van der Waals surface area contributed by atoms with Crippen molar-refractivity contribution in [2.75, 3.05) is 26.2 Å². The number of fused-ring (bicyclic) bond motifs is 1. The van der Waals surface area contributed by atoms with E-state index in [0.29, 0.717) is 12.1 Å². The van der Waals surface area contributed by atoms with Gasteiger partial charge in [0.2, 0.25) is 0 Å². The zero-order valence-electron chi connectivity index (χ0n) is 13.3. The van der Waals surface area contributed by atoms with E-state index in [1.165, 1.54) is 29.8 Å². The first kappa shape index (κ1) is 15.3. The molecule has 124 valence electrons. The van der Waals surface area contributed by atoms with Gasteiger partial charge in [-0.15, -0.1) is 11.3 Å². The summed E-state index contributed by atoms with van der Waals surface area (Å²) in [4.78, 5) is 6.42. The van der Waals surface area contributed by atoms with Crippen molar-refractivity contribution in [1.82, 2.24) is 20.0 Å². The summed E-state index contributed by atoms with van der Waals surface area (Å²) in [6.07, 6.45) is 5.45. The van der Waals surface area contributed by atoms with Crippen molar-refractivity contribution >= 4 is 11.3 Å². The summed E-state index contributed by atoms with van der Waals surface area (Å²) < 4.78 is 0. The Kier molecular flexibility index (Phi) is 4.48. The molecule has 2 aliphatic rings. The first-order valence-corrected chi connectivity index (χ1v) is 9.38. The van der Waals surface area contributed by atoms with E-state index in [4.69, 9.17) is 0 Å². The topological polar surface area (TPSA) is 55.4 Å². The van der Waals surface area contributed by atoms with Crippen LogP contribution in [0.3, 0.4) is 0 Å². The Balaban J connectivity index is 1.53. The van der Waals surface area contributed by atoms with Crippen LogP contribution in [0.25, 0.3) is 10.6 Å². The van der Waals surface area contributed by atoms with E-state index in [1.807, 2.05) is 6.20 Å². The highest BCUT2D eigenvalue weighted by Crippen LogP contribution is 2.30. The number of nitrogens with one attached hydrogen (secondary N) is 1. The number of H-pyrrole nitrogens is 1. The Labute approximate surface area is 140 Å². The van der Waals surface area contributed by atoms with Crippen molar-refractivity contribution in [3.63, 3.8) is 0 Å². The number of thiophene rings is 1. The summed E-state index contributed by atoms with van der Waals surface area (Å²) in [6, 6.07) is 5.36. The van der Waals surface area contributed by atoms with Crippen molar-refractivity contribution in [2.45, 2.75) is 37.9 Å². The van der Waals surface area contributed by atoms with Crippen LogP contribution < -0.4 is 0 Å². The Morgan fingerprint density at radius 3 is 3.17 bits per heavy atom. The van der Waals surface area contributed by atoms with E-state index >= 15 is 0 Å². The minimum Gasteiger partial charge on any atom is -0.396 e. The maximum atomic E-state index is 9.45. The normalized spacial score (nSPS) is 25.8. The van der Waals surface area contributed by atoms with E-state index in [-0.39, 0.29) is 6.61 Å². The Morgan fingerprint density at radius 1 is 1.39 bits per heavy atom. The van der Waals surface area contributed by atoms with Crippen LogP contribution in [0.1, 0.15) is 24.8 Å². The molecule has 2 saturated heterocycles. The average molecular weight is 332 g/mol. The largest absolute Gasteiger partial charge is 0.396 e. The monoisotopic (exact) mass is 332 g/mol. The van der Waals surface area contributed by atoms with Gasteiger partial charge >= 0.3 is 0 Å². The fraction of sp³-hybridized carbons (Fsp3) is 0.588. The predicted octanol–water partition coefficient (Wildman–Crippen LogP) is 2.17. The Bertz CT molecular complexity index is 626. The van der Waals surface area contributed by atoms with Crippen LogP contribution in [-0.2, 0) is 6.54 Å². The number of piperazine rings is 1. The zero-order valence-corrected chi connectivity index (χ0v) is 14.1. The summed E-state index contributed by atoms with van der Waals surface area (Å²) in [5.41, 5.74) is 2.42. The lowest BCUT2D eigenvalue weighted by atomic mass is 10.0. The number of aliphatic hydroxyl groups is 1. The van der Waals surface area contributed by atoms with Gasteiger partial charge in [-0.2, -0.15) is 5.10 Å². The minimum absolute atomic E-state index is 0.267. The standard InChI is InChI=1S/C17H24N4OS/c22-7-5-15-11-20-6-1-3-14(20)12-21(15)10-13-9-18-19-17(13)16-4-2-8-23-16/h2,4,8-9,14-15,22H,1,3,5-7,10-12H2,(H,18,19)/t14?,15-/m0/s1. The smallest absolute Gasteiger partial charge is 0.0794 e. The first-order valence-electron chi connectivity index (χ1n) is 8.50. The number of nitrogens with zero attached hydrogens (tertiary/aromatic N) is 3. The van der Waals surface area contributed by atoms with E-state index in [9.17, 15) is 5.11 Å². The third-order valence-corrected chi connectivity index (χ3v) is 6.11. The van der Waals surface area contributed by atoms with Gasteiger partial charge in [-0.05, 0) is 37.3 Å². The van der Waals surface area contributed by atoms with Crippen molar-refractivity contribution in [1.29, 1.82) is 0 Å². The summed E-state index contributed by atoms with van der Waals surface area (Å²) in [5.74, 6) is 0. The van der Waals surface area contributed by atoms with Gasteiger partial charge in [0.25, 0.3) is 0 Å². The molecule has 4 rings (SSSR count). The van der Waals surface area contributed by atoms with E-state index in [1.54, 1.807) is 11.3 Å². The third kappa shape index (κ3) is 3.08. The van der Waals surface area contributed by atoms with Crippen molar-refractivity contribution in [3.05, 3.63) is 29.3 Å². The lowest BCUT2D eigenvalue weighted by Gasteiger charge is -2.43. The molecule has 2 N–H and O–H groups in total. The molecule has 6 heteroatoms. The Hall–Kier alpha value is -1.21. The van der Waals surface area contributed by atoms with Gasteiger partial charge in [0.15, 0.2) is 0 Å². The number of aliphatic hydroxyl groups excluding tert-OH is 1. The number of rotatable bonds is 5. The lowest BCUT2D eigenvalue weighted by molar-refractivity contribution is 0.0334. The molecule has 2 aromatic heterocycles. The lowest BCUT2D eigenvalue weighted by Crippen LogP contribution is -2.55. The molecule has 0 radical (unpaired) electrons. The maximum absolute atomic E-state index is 9.45. The molecule has 2 atom stereocenters. The molecule has 0 bridgehead atoms. The minimum atomic E-state index is 0.267. The van der Waals surface area contributed by atoms with Crippen molar-refractivity contribution in [2.24, 2.45) is 0 Å². The van der Waals surface area contributed by atoms with Gasteiger partial charge in [0.05, 0.1) is 16.8 Å². The molecule has 5 nitrogen and oxygen atoms in total. The SMILES string of the molecule is OCC[C@H]1CN2CCCC2CN1Cc1cn[nH]c1-c1cccs1. The van der Waals surface area contributed by atoms with Crippen LogP contribution in [0.5, 0.6) is 0 Å². The molecule has 0 aliphatic carbocycles. The average Bonchev–Trinajstić information content (AvgIpc) is 3.28. The number of aromatic nitrogens is 2. The molecule has 2 aliphatic heterocycles. The summed E-state index contributed by atoms with van der Waals surface area (Å²) in [5, 5.41) is 19.0. The van der Waals surface area contributed by atoms with Gasteiger partial charge in [0.1, 0.15) is 0 Å². The molecule has 23 heavy (non-hydrogen) atoms. The highest BCUT2D eigenvalue weighted by Gasteiger charge is 2.36. The molecule has 4 heterocycles. The zero-order chi connectivity index (χ0) is 15.6. The highest BCUT2D eigenvalue weighted by molar-refractivity contribution is 7.13. The molecular weight excluding hydrogens is 308 g/mol. The quantitative estimate of drug-likeness (QED) is 0.881. The second kappa shape index (κ2) is 6.73. The van der Waals surface area contributed by atoms with E-state index in [0.717, 1.165) is 31.7 Å². The second-order valence-corrected chi connectivity index (χ2v) is 7.58. The summed E-state index contributed by atoms with van der Waals surface area (Å²) in [7, 11) is 0. The van der Waals surface area contributed by atoms with Gasteiger partial charge in [0, 0.05) is 43.9 Å². The van der Waals surface area contributed by atoms with Crippen LogP contribution in [0.2, 0.25) is 0 Å². The molecule has 2 fully saturated rings. The van der Waals surface area contributed by atoms with Crippen LogP contribution in [0, 0.1) is 0 Å². The van der Waals surface area contributed by atoms with Crippen molar-refractivity contribution < 1.29 is 5.11 Å². The van der Waals surface area contributed by atoms with Crippen molar-refractivity contribution in [3.8, 4) is 10.6 Å². The third-order valence-electron chi connectivity index (χ3n) is 5.23. The molecule has 0 saturated carbocycles. The fourth-order valence-corrected chi connectivity index (χ4v) is 4.80. The van der Waals surface area contributed by atoms with Crippen LogP contribution in [0.15, 0.2) is 23.7 Å². The summed E-state index contributed by atoms with van der Waals surface area (Å²) >= 11 is 1.75. The van der Waals surface area contributed by atoms with Crippen LogP contribution in [-0.4, -0.2) is 63.4 Å². The molecule has 0 aromatic carbocycles. The molecule has 0 spiro atoms. The van der Waals surface area contributed by atoms with Gasteiger partial charge in [-0.1, -0.05) is 6.07 Å². The highest BCUT2D eigenvalue weighted by atomic mass is 32.1. The first-order chi connectivity index (χ1) is 11.3. The molecule has 1 unspecified atom stereocenters. The molecular formula is C17H24N4OS. The molecule has 2 aromatic rings. The Morgan fingerprint density at radius 2 is 2.35 bits per heavy atom. The summed E-state index contributed by atoms with van der Waals surface area (Å²) in [6.45, 7) is 4.62. The van der Waals surface area contributed by atoms with Crippen LogP contribution >= 0.6 is 11.3 Å². The van der Waals surface area contributed by atoms with Gasteiger partial charge in [-0.3, -0.25) is 14.9 Å². The second-order valence-electron chi connectivity index (χ2n) is 6.63. The number of hydrogen-bond acceptors (Lipinski definition) is 5.